The Bertz CT molecular complexity index is 1290. The largest absolute Gasteiger partial charge is 0.454 e. The third-order valence-corrected chi connectivity index (χ3v) is 6.96. The zero-order chi connectivity index (χ0) is 21.6. The van der Waals surface area contributed by atoms with Crippen molar-refractivity contribution >= 4 is 38.9 Å². The number of fused-ring (bicyclic) bond motifs is 2. The van der Waals surface area contributed by atoms with Crippen LogP contribution in [-0.4, -0.2) is 21.4 Å². The Morgan fingerprint density at radius 2 is 1.70 bits per heavy atom. The highest BCUT2D eigenvalue weighted by Crippen LogP contribution is 2.38. The zero-order valence-corrected chi connectivity index (χ0v) is 18.1. The van der Waals surface area contributed by atoms with Crippen molar-refractivity contribution in [1.29, 1.82) is 0 Å². The van der Waals surface area contributed by atoms with Crippen molar-refractivity contribution in [2.24, 2.45) is 0 Å². The SMILES string of the molecule is Cc1ccc(N(C)S(=O)(=O)c2ccc3c(c2)C(=O)Nc2cc(Cl)ccc2O3)c(C)c1. The summed E-state index contributed by atoms with van der Waals surface area (Å²) in [6, 6.07) is 14.7. The number of hydrogen-bond donors (Lipinski definition) is 1. The van der Waals surface area contributed by atoms with Crippen molar-refractivity contribution in [3.63, 3.8) is 0 Å². The summed E-state index contributed by atoms with van der Waals surface area (Å²) in [4.78, 5) is 12.7. The van der Waals surface area contributed by atoms with Crippen LogP contribution in [0.2, 0.25) is 5.02 Å². The predicted molar refractivity (Wildman–Crippen MR) is 117 cm³/mol. The molecule has 30 heavy (non-hydrogen) atoms. The minimum absolute atomic E-state index is 0.00790. The fraction of sp³-hybridized carbons (Fsp3) is 0.136. The lowest BCUT2D eigenvalue weighted by atomic mass is 10.1. The maximum absolute atomic E-state index is 13.2. The van der Waals surface area contributed by atoms with E-state index in [0.717, 1.165) is 11.1 Å². The van der Waals surface area contributed by atoms with E-state index in [9.17, 15) is 13.2 Å². The fourth-order valence-corrected chi connectivity index (χ4v) is 4.84. The van der Waals surface area contributed by atoms with Gasteiger partial charge >= 0.3 is 0 Å². The van der Waals surface area contributed by atoms with E-state index in [0.29, 0.717) is 22.1 Å². The third-order valence-electron chi connectivity index (χ3n) is 4.96. The molecule has 0 radical (unpaired) electrons. The van der Waals surface area contributed by atoms with E-state index in [1.54, 1.807) is 24.3 Å². The van der Waals surface area contributed by atoms with E-state index in [1.165, 1.54) is 29.6 Å². The van der Waals surface area contributed by atoms with Gasteiger partial charge in [0, 0.05) is 12.1 Å². The highest BCUT2D eigenvalue weighted by molar-refractivity contribution is 7.92. The van der Waals surface area contributed by atoms with Crippen LogP contribution in [0.1, 0.15) is 21.5 Å². The molecule has 1 aliphatic heterocycles. The number of anilines is 2. The van der Waals surface area contributed by atoms with Crippen molar-refractivity contribution in [1.82, 2.24) is 0 Å². The van der Waals surface area contributed by atoms with Crippen LogP contribution in [0.5, 0.6) is 11.5 Å². The first-order valence-corrected chi connectivity index (χ1v) is 11.0. The number of carbonyl (C=O) groups excluding carboxylic acids is 1. The second kappa shape index (κ2) is 7.34. The van der Waals surface area contributed by atoms with Gasteiger partial charge < -0.3 is 10.1 Å². The Morgan fingerprint density at radius 1 is 0.967 bits per heavy atom. The van der Waals surface area contributed by atoms with Crippen LogP contribution in [0, 0.1) is 13.8 Å². The average molecular weight is 443 g/mol. The fourth-order valence-electron chi connectivity index (χ4n) is 3.38. The van der Waals surface area contributed by atoms with Gasteiger partial charge in [-0.2, -0.15) is 0 Å². The molecule has 0 spiro atoms. The molecule has 0 unspecified atom stereocenters. The third kappa shape index (κ3) is 3.51. The molecule has 6 nitrogen and oxygen atoms in total. The smallest absolute Gasteiger partial charge is 0.264 e. The number of amides is 1. The number of aryl methyl sites for hydroxylation is 2. The highest BCUT2D eigenvalue weighted by atomic mass is 35.5. The number of hydrogen-bond acceptors (Lipinski definition) is 4. The maximum atomic E-state index is 13.2. The van der Waals surface area contributed by atoms with Gasteiger partial charge in [0.25, 0.3) is 15.9 Å². The van der Waals surface area contributed by atoms with Gasteiger partial charge in [0.05, 0.1) is 21.8 Å². The Hall–Kier alpha value is -3.03. The number of ether oxygens (including phenoxy) is 1. The molecule has 8 heteroatoms. The number of benzene rings is 3. The number of carbonyl (C=O) groups is 1. The standard InChI is InChI=1S/C22H19ClN2O4S/c1-13-4-7-19(14(2)10-13)25(3)30(27,28)16-6-9-20-17(12-16)22(26)24-18-11-15(23)5-8-21(18)29-20/h4-12H,1-3H3,(H,24,26). The van der Waals surface area contributed by atoms with Crippen LogP contribution in [0.3, 0.4) is 0 Å². The maximum Gasteiger partial charge on any atom is 0.264 e. The van der Waals surface area contributed by atoms with Crippen LogP contribution in [0.4, 0.5) is 11.4 Å². The molecule has 1 aliphatic rings. The first-order chi connectivity index (χ1) is 14.2. The molecule has 0 bridgehead atoms. The van der Waals surface area contributed by atoms with Crippen LogP contribution in [-0.2, 0) is 10.0 Å². The minimum Gasteiger partial charge on any atom is -0.454 e. The van der Waals surface area contributed by atoms with E-state index in [-0.39, 0.29) is 16.2 Å². The van der Waals surface area contributed by atoms with E-state index in [1.807, 2.05) is 26.0 Å². The molecule has 1 amide bonds. The number of sulfonamides is 1. The van der Waals surface area contributed by atoms with Crippen molar-refractivity contribution in [3.8, 4) is 11.5 Å². The van der Waals surface area contributed by atoms with E-state index < -0.39 is 15.9 Å². The lowest BCUT2D eigenvalue weighted by Crippen LogP contribution is -2.27. The minimum atomic E-state index is -3.89. The van der Waals surface area contributed by atoms with Crippen molar-refractivity contribution in [2.75, 3.05) is 16.7 Å². The average Bonchev–Trinajstić information content (AvgIpc) is 2.82. The Kier molecular flexibility index (Phi) is 4.95. The molecular formula is C22H19ClN2O4S. The summed E-state index contributed by atoms with van der Waals surface area (Å²) < 4.78 is 33.5. The van der Waals surface area contributed by atoms with Crippen LogP contribution in [0.25, 0.3) is 0 Å². The molecule has 1 N–H and O–H groups in total. The van der Waals surface area contributed by atoms with Crippen molar-refractivity contribution in [3.05, 3.63) is 76.3 Å². The second-order valence-corrected chi connectivity index (χ2v) is 9.52. The van der Waals surface area contributed by atoms with Gasteiger partial charge in [0.2, 0.25) is 0 Å². The van der Waals surface area contributed by atoms with Gasteiger partial charge in [-0.05, 0) is 61.9 Å². The normalized spacial score (nSPS) is 12.9. The molecule has 0 fully saturated rings. The molecule has 3 aromatic carbocycles. The van der Waals surface area contributed by atoms with Gasteiger partial charge in [-0.15, -0.1) is 0 Å². The molecular weight excluding hydrogens is 424 g/mol. The molecule has 0 aromatic heterocycles. The molecule has 3 aromatic rings. The quantitative estimate of drug-likeness (QED) is 0.609. The Morgan fingerprint density at radius 3 is 2.43 bits per heavy atom. The Labute approximate surface area is 180 Å². The van der Waals surface area contributed by atoms with E-state index in [2.05, 4.69) is 5.32 Å². The number of halogens is 1. The van der Waals surface area contributed by atoms with E-state index in [4.69, 9.17) is 16.3 Å². The van der Waals surface area contributed by atoms with Gasteiger partial charge in [0.1, 0.15) is 5.75 Å². The molecule has 0 aliphatic carbocycles. The first kappa shape index (κ1) is 20.3. The summed E-state index contributed by atoms with van der Waals surface area (Å²) >= 11 is 6.00. The van der Waals surface area contributed by atoms with E-state index >= 15 is 0 Å². The number of rotatable bonds is 3. The lowest BCUT2D eigenvalue weighted by molar-refractivity contribution is 0.102. The number of nitrogens with zero attached hydrogens (tertiary/aromatic N) is 1. The van der Waals surface area contributed by atoms with Crippen molar-refractivity contribution in [2.45, 2.75) is 18.7 Å². The number of nitrogens with one attached hydrogen (secondary N) is 1. The molecule has 0 saturated carbocycles. The molecule has 0 saturated heterocycles. The summed E-state index contributed by atoms with van der Waals surface area (Å²) in [6.45, 7) is 3.80. The van der Waals surface area contributed by atoms with Crippen LogP contribution in [0.15, 0.2) is 59.5 Å². The summed E-state index contributed by atoms with van der Waals surface area (Å²) in [5.41, 5.74) is 2.99. The summed E-state index contributed by atoms with van der Waals surface area (Å²) in [6.07, 6.45) is 0. The summed E-state index contributed by atoms with van der Waals surface area (Å²) in [5, 5.41) is 3.16. The topological polar surface area (TPSA) is 75.7 Å². The van der Waals surface area contributed by atoms with Gasteiger partial charge in [-0.25, -0.2) is 8.42 Å². The molecule has 0 atom stereocenters. The summed E-state index contributed by atoms with van der Waals surface area (Å²) in [5.74, 6) is 0.216. The van der Waals surface area contributed by atoms with Gasteiger partial charge in [-0.3, -0.25) is 9.10 Å². The lowest BCUT2D eigenvalue weighted by Gasteiger charge is -2.22. The first-order valence-electron chi connectivity index (χ1n) is 9.16. The second-order valence-electron chi connectivity index (χ2n) is 7.12. The predicted octanol–water partition coefficient (Wildman–Crippen LogP) is 5.14. The highest BCUT2D eigenvalue weighted by Gasteiger charge is 2.27. The molecule has 1 heterocycles. The monoisotopic (exact) mass is 442 g/mol. The van der Waals surface area contributed by atoms with Gasteiger partial charge in [-0.1, -0.05) is 29.3 Å². The van der Waals surface area contributed by atoms with Crippen molar-refractivity contribution < 1.29 is 17.9 Å². The molecule has 4 rings (SSSR count). The van der Waals surface area contributed by atoms with Gasteiger partial charge in [0.15, 0.2) is 5.75 Å². The van der Waals surface area contributed by atoms with Crippen LogP contribution >= 0.6 is 11.6 Å². The Balaban J connectivity index is 1.75. The molecule has 154 valence electrons. The summed E-state index contributed by atoms with van der Waals surface area (Å²) in [7, 11) is -2.40. The van der Waals surface area contributed by atoms with Crippen LogP contribution < -0.4 is 14.4 Å². The zero-order valence-electron chi connectivity index (χ0n) is 16.6.